The molecular formula is C13H16FNO5S. The molecule has 1 aromatic carbocycles. The Morgan fingerprint density at radius 2 is 2.05 bits per heavy atom. The quantitative estimate of drug-likeness (QED) is 0.838. The highest BCUT2D eigenvalue weighted by molar-refractivity contribution is 7.89. The zero-order valence-corrected chi connectivity index (χ0v) is 12.1. The van der Waals surface area contributed by atoms with Gasteiger partial charge in [0.25, 0.3) is 0 Å². The fraction of sp³-hybridized carbons (Fsp3) is 0.462. The lowest BCUT2D eigenvalue weighted by atomic mass is 10.0. The Morgan fingerprint density at radius 3 is 2.67 bits per heavy atom. The maximum atomic E-state index is 13.6. The summed E-state index contributed by atoms with van der Waals surface area (Å²) in [5.74, 6) is -1.57. The number of rotatable bonds is 4. The lowest BCUT2D eigenvalue weighted by Gasteiger charge is -2.21. The van der Waals surface area contributed by atoms with Gasteiger partial charge in [0, 0.05) is 13.2 Å². The summed E-state index contributed by atoms with van der Waals surface area (Å²) in [5, 5.41) is 4.95. The molecule has 0 aliphatic carbocycles. The minimum atomic E-state index is -4.00. The Labute approximate surface area is 122 Å². The number of nitrogens with two attached hydrogens (primary N) is 1. The van der Waals surface area contributed by atoms with E-state index in [1.54, 1.807) is 0 Å². The third-order valence-electron chi connectivity index (χ3n) is 3.28. The van der Waals surface area contributed by atoms with E-state index in [0.29, 0.717) is 13.2 Å². The average Bonchev–Trinajstić information content (AvgIpc) is 2.45. The van der Waals surface area contributed by atoms with E-state index >= 15 is 0 Å². The van der Waals surface area contributed by atoms with Crippen molar-refractivity contribution in [3.8, 4) is 0 Å². The summed E-state index contributed by atoms with van der Waals surface area (Å²) in [7, 11) is -4.00. The molecule has 1 fully saturated rings. The molecule has 0 bridgehead atoms. The molecule has 0 unspecified atom stereocenters. The van der Waals surface area contributed by atoms with E-state index in [9.17, 15) is 17.6 Å². The van der Waals surface area contributed by atoms with Gasteiger partial charge in [-0.25, -0.2) is 22.7 Å². The van der Waals surface area contributed by atoms with Crippen molar-refractivity contribution in [2.75, 3.05) is 19.8 Å². The first-order chi connectivity index (χ1) is 9.88. The van der Waals surface area contributed by atoms with E-state index < -0.39 is 27.4 Å². The van der Waals surface area contributed by atoms with Gasteiger partial charge >= 0.3 is 5.97 Å². The Balaban J connectivity index is 2.07. The van der Waals surface area contributed by atoms with Gasteiger partial charge < -0.3 is 9.47 Å². The van der Waals surface area contributed by atoms with E-state index in [1.807, 2.05) is 0 Å². The molecule has 1 heterocycles. The first-order valence-corrected chi connectivity index (χ1v) is 8.00. The fourth-order valence-electron chi connectivity index (χ4n) is 2.02. The van der Waals surface area contributed by atoms with Crippen molar-refractivity contribution in [1.29, 1.82) is 0 Å². The smallest absolute Gasteiger partial charge is 0.341 e. The second-order valence-corrected chi connectivity index (χ2v) is 6.40. The molecule has 0 aromatic heterocycles. The summed E-state index contributed by atoms with van der Waals surface area (Å²) < 4.78 is 46.3. The number of primary sulfonamides is 1. The van der Waals surface area contributed by atoms with Crippen LogP contribution in [0.2, 0.25) is 0 Å². The number of carbonyl (C=O) groups is 1. The molecule has 8 heteroatoms. The maximum absolute atomic E-state index is 13.6. The van der Waals surface area contributed by atoms with E-state index in [-0.39, 0.29) is 17.4 Å². The highest BCUT2D eigenvalue weighted by Gasteiger charge is 2.20. The summed E-state index contributed by atoms with van der Waals surface area (Å²) in [6.45, 7) is 1.37. The molecule has 116 valence electrons. The van der Waals surface area contributed by atoms with Gasteiger partial charge in [0.05, 0.1) is 17.1 Å². The molecule has 21 heavy (non-hydrogen) atoms. The van der Waals surface area contributed by atoms with Gasteiger partial charge in [-0.1, -0.05) is 0 Å². The molecular weight excluding hydrogens is 301 g/mol. The number of esters is 1. The van der Waals surface area contributed by atoms with Gasteiger partial charge in [-0.05, 0) is 37.0 Å². The SMILES string of the molecule is NS(=O)(=O)c1ccc(F)c(C(=O)OCC2CCOCC2)c1. The van der Waals surface area contributed by atoms with Gasteiger partial charge in [0.15, 0.2) is 0 Å². The largest absolute Gasteiger partial charge is 0.462 e. The summed E-state index contributed by atoms with van der Waals surface area (Å²) in [6.07, 6.45) is 1.54. The number of ether oxygens (including phenoxy) is 2. The molecule has 1 aliphatic heterocycles. The molecule has 1 saturated heterocycles. The Hall–Kier alpha value is -1.51. The number of carbonyl (C=O) groups excluding carboxylic acids is 1. The molecule has 0 amide bonds. The van der Waals surface area contributed by atoms with Crippen LogP contribution in [0.15, 0.2) is 23.1 Å². The van der Waals surface area contributed by atoms with Crippen molar-refractivity contribution in [2.24, 2.45) is 11.1 Å². The second-order valence-electron chi connectivity index (χ2n) is 4.84. The lowest BCUT2D eigenvalue weighted by molar-refractivity contribution is 0.0182. The van der Waals surface area contributed by atoms with Crippen LogP contribution in [0.3, 0.4) is 0 Å². The molecule has 0 saturated carbocycles. The molecule has 2 N–H and O–H groups in total. The number of halogens is 1. The second kappa shape index (κ2) is 6.50. The molecule has 1 aromatic rings. The minimum Gasteiger partial charge on any atom is -0.462 e. The lowest BCUT2D eigenvalue weighted by Crippen LogP contribution is -2.22. The van der Waals surface area contributed by atoms with Gasteiger partial charge in [-0.2, -0.15) is 0 Å². The van der Waals surface area contributed by atoms with Crippen LogP contribution >= 0.6 is 0 Å². The number of benzene rings is 1. The van der Waals surface area contributed by atoms with Crippen LogP contribution in [0.5, 0.6) is 0 Å². The highest BCUT2D eigenvalue weighted by Crippen LogP contribution is 2.18. The molecule has 6 nitrogen and oxygen atoms in total. The molecule has 0 radical (unpaired) electrons. The molecule has 1 aliphatic rings. The standard InChI is InChI=1S/C13H16FNO5S/c14-12-2-1-10(21(15,17)18)7-11(12)13(16)20-8-9-3-5-19-6-4-9/h1-2,7,9H,3-6,8H2,(H2,15,17,18). The summed E-state index contributed by atoms with van der Waals surface area (Å²) >= 11 is 0. The first kappa shape index (κ1) is 15.9. The topological polar surface area (TPSA) is 95.7 Å². The minimum absolute atomic E-state index is 0.154. The third-order valence-corrected chi connectivity index (χ3v) is 4.19. The maximum Gasteiger partial charge on any atom is 0.341 e. The van der Waals surface area contributed by atoms with Crippen molar-refractivity contribution in [3.05, 3.63) is 29.6 Å². The third kappa shape index (κ3) is 4.23. The van der Waals surface area contributed by atoms with Crippen molar-refractivity contribution >= 4 is 16.0 Å². The van der Waals surface area contributed by atoms with E-state index in [0.717, 1.165) is 31.0 Å². The summed E-state index contributed by atoms with van der Waals surface area (Å²) in [5.41, 5.74) is -0.436. The zero-order valence-electron chi connectivity index (χ0n) is 11.2. The molecule has 0 spiro atoms. The van der Waals surface area contributed by atoms with Crippen LogP contribution in [-0.2, 0) is 19.5 Å². The predicted molar refractivity (Wildman–Crippen MR) is 71.6 cm³/mol. The predicted octanol–water partition coefficient (Wildman–Crippen LogP) is 1.06. The Kier molecular flexibility index (Phi) is 4.92. The molecule has 0 atom stereocenters. The van der Waals surface area contributed by atoms with Crippen LogP contribution in [0.1, 0.15) is 23.2 Å². The fourth-order valence-corrected chi connectivity index (χ4v) is 2.56. The van der Waals surface area contributed by atoms with Crippen LogP contribution < -0.4 is 5.14 Å². The summed E-state index contributed by atoms with van der Waals surface area (Å²) in [4.78, 5) is 11.5. The van der Waals surface area contributed by atoms with Crippen molar-refractivity contribution in [1.82, 2.24) is 0 Å². The van der Waals surface area contributed by atoms with Gasteiger partial charge in [0.1, 0.15) is 5.82 Å². The van der Waals surface area contributed by atoms with Gasteiger partial charge in [-0.3, -0.25) is 0 Å². The van der Waals surface area contributed by atoms with Gasteiger partial charge in [-0.15, -0.1) is 0 Å². The monoisotopic (exact) mass is 317 g/mol. The van der Waals surface area contributed by atoms with E-state index in [2.05, 4.69) is 0 Å². The van der Waals surface area contributed by atoms with E-state index in [1.165, 1.54) is 0 Å². The highest BCUT2D eigenvalue weighted by atomic mass is 32.2. The Morgan fingerprint density at radius 1 is 1.38 bits per heavy atom. The van der Waals surface area contributed by atoms with Crippen LogP contribution in [0, 0.1) is 11.7 Å². The molecule has 2 rings (SSSR count). The van der Waals surface area contributed by atoms with Crippen LogP contribution in [0.4, 0.5) is 4.39 Å². The van der Waals surface area contributed by atoms with Crippen LogP contribution in [0.25, 0.3) is 0 Å². The van der Waals surface area contributed by atoms with Crippen LogP contribution in [-0.4, -0.2) is 34.2 Å². The van der Waals surface area contributed by atoms with Crippen molar-refractivity contribution in [3.63, 3.8) is 0 Å². The average molecular weight is 317 g/mol. The van der Waals surface area contributed by atoms with Crippen molar-refractivity contribution in [2.45, 2.75) is 17.7 Å². The normalized spacial score (nSPS) is 16.7. The summed E-state index contributed by atoms with van der Waals surface area (Å²) in [6, 6.07) is 2.77. The van der Waals surface area contributed by atoms with Crippen molar-refractivity contribution < 1.29 is 27.1 Å². The Bertz CT molecular complexity index is 625. The van der Waals surface area contributed by atoms with Gasteiger partial charge in [0.2, 0.25) is 10.0 Å². The zero-order chi connectivity index (χ0) is 15.5. The number of sulfonamides is 1. The number of hydrogen-bond acceptors (Lipinski definition) is 5. The van der Waals surface area contributed by atoms with E-state index in [4.69, 9.17) is 14.6 Å². The number of hydrogen-bond donors (Lipinski definition) is 1. The first-order valence-electron chi connectivity index (χ1n) is 6.45.